The molecular weight excluding hydrogens is 461 g/mol. The predicted molar refractivity (Wildman–Crippen MR) is 132 cm³/mol. The Balaban J connectivity index is 1.50. The topological polar surface area (TPSA) is 99.8 Å². The molecule has 1 amide bonds. The van der Waals surface area contributed by atoms with E-state index in [9.17, 15) is 9.18 Å². The van der Waals surface area contributed by atoms with Crippen LogP contribution in [0.4, 0.5) is 10.1 Å². The highest BCUT2D eigenvalue weighted by Gasteiger charge is 2.20. The average Bonchev–Trinajstić information content (AvgIpc) is 3.52. The van der Waals surface area contributed by atoms with Crippen LogP contribution in [0.3, 0.4) is 0 Å². The van der Waals surface area contributed by atoms with Crippen molar-refractivity contribution in [2.75, 3.05) is 12.4 Å². The normalized spacial score (nSPS) is 10.9. The molecule has 5 aromatic rings. The fourth-order valence-electron chi connectivity index (χ4n) is 3.80. The van der Waals surface area contributed by atoms with E-state index in [1.807, 2.05) is 42.5 Å². The van der Waals surface area contributed by atoms with Gasteiger partial charge in [0.25, 0.3) is 5.91 Å². The maximum absolute atomic E-state index is 14.7. The van der Waals surface area contributed by atoms with Gasteiger partial charge in [0, 0.05) is 11.8 Å². The highest BCUT2D eigenvalue weighted by atomic mass is 19.1. The molecule has 180 valence electrons. The molecule has 0 aliphatic carbocycles. The summed E-state index contributed by atoms with van der Waals surface area (Å²) >= 11 is 0. The lowest BCUT2D eigenvalue weighted by Crippen LogP contribution is -2.14. The SMILES string of the molecule is COc1ccc(-c2nn(Cc3ccccc3)cc2C(=O)Nc2cc(-n3nnnc3C)ccc2F)cc1. The van der Waals surface area contributed by atoms with Crippen LogP contribution in [0.15, 0.2) is 79.0 Å². The number of amides is 1. The number of aryl methyl sites for hydroxylation is 1. The largest absolute Gasteiger partial charge is 0.497 e. The summed E-state index contributed by atoms with van der Waals surface area (Å²) in [5.74, 6) is 0.137. The minimum atomic E-state index is -0.583. The Morgan fingerprint density at radius 3 is 2.53 bits per heavy atom. The zero-order chi connectivity index (χ0) is 25.1. The van der Waals surface area contributed by atoms with E-state index in [2.05, 4.69) is 25.9 Å². The van der Waals surface area contributed by atoms with Crippen molar-refractivity contribution < 1.29 is 13.9 Å². The number of tetrazole rings is 1. The summed E-state index contributed by atoms with van der Waals surface area (Å²) in [5.41, 5.74) is 3.06. The highest BCUT2D eigenvalue weighted by molar-refractivity contribution is 6.08. The molecule has 0 bridgehead atoms. The molecule has 3 aromatic carbocycles. The van der Waals surface area contributed by atoms with E-state index in [4.69, 9.17) is 4.74 Å². The van der Waals surface area contributed by atoms with Crippen LogP contribution in [0.5, 0.6) is 5.75 Å². The van der Waals surface area contributed by atoms with E-state index in [0.717, 1.165) is 11.1 Å². The number of rotatable bonds is 7. The summed E-state index contributed by atoms with van der Waals surface area (Å²) in [5, 5.41) is 18.7. The van der Waals surface area contributed by atoms with E-state index >= 15 is 0 Å². The summed E-state index contributed by atoms with van der Waals surface area (Å²) in [6.45, 7) is 2.20. The first-order valence-electron chi connectivity index (χ1n) is 11.1. The number of aromatic nitrogens is 6. The number of hydrogen-bond acceptors (Lipinski definition) is 6. The number of carbonyl (C=O) groups is 1. The maximum Gasteiger partial charge on any atom is 0.259 e. The summed E-state index contributed by atoms with van der Waals surface area (Å²) in [7, 11) is 1.59. The number of carbonyl (C=O) groups excluding carboxylic acids is 1. The molecule has 0 fully saturated rings. The van der Waals surface area contributed by atoms with Crippen molar-refractivity contribution in [1.29, 1.82) is 0 Å². The number of methoxy groups -OCH3 is 1. The molecule has 0 unspecified atom stereocenters. The Bertz CT molecular complexity index is 1510. The molecule has 2 heterocycles. The predicted octanol–water partition coefficient (Wildman–Crippen LogP) is 4.28. The number of benzene rings is 3. The molecule has 0 spiro atoms. The van der Waals surface area contributed by atoms with E-state index < -0.39 is 11.7 Å². The van der Waals surface area contributed by atoms with Gasteiger partial charge in [-0.15, -0.1) is 5.10 Å². The molecule has 0 radical (unpaired) electrons. The van der Waals surface area contributed by atoms with Crippen LogP contribution in [0, 0.1) is 12.7 Å². The number of anilines is 1. The molecular formula is C26H22FN7O2. The van der Waals surface area contributed by atoms with E-state index in [1.165, 1.54) is 22.9 Å². The van der Waals surface area contributed by atoms with Gasteiger partial charge in [0.15, 0.2) is 5.82 Å². The molecule has 0 saturated carbocycles. The molecule has 1 N–H and O–H groups in total. The van der Waals surface area contributed by atoms with Crippen molar-refractivity contribution in [3.8, 4) is 22.7 Å². The number of nitrogens with one attached hydrogen (secondary N) is 1. The maximum atomic E-state index is 14.7. The fraction of sp³-hybridized carbons (Fsp3) is 0.115. The Morgan fingerprint density at radius 2 is 1.83 bits per heavy atom. The third-order valence-corrected chi connectivity index (χ3v) is 5.63. The molecule has 5 rings (SSSR count). The van der Waals surface area contributed by atoms with Crippen LogP contribution in [0.25, 0.3) is 16.9 Å². The Kier molecular flexibility index (Phi) is 6.23. The second-order valence-electron chi connectivity index (χ2n) is 8.06. The minimum absolute atomic E-state index is 0.00360. The van der Waals surface area contributed by atoms with Crippen molar-refractivity contribution in [1.82, 2.24) is 30.0 Å². The highest BCUT2D eigenvalue weighted by Crippen LogP contribution is 2.27. The molecule has 0 aliphatic heterocycles. The Hall–Kier alpha value is -4.86. The zero-order valence-corrected chi connectivity index (χ0v) is 19.6. The second-order valence-corrected chi connectivity index (χ2v) is 8.06. The lowest BCUT2D eigenvalue weighted by atomic mass is 10.1. The summed E-state index contributed by atoms with van der Waals surface area (Å²) in [6.07, 6.45) is 1.66. The van der Waals surface area contributed by atoms with E-state index in [-0.39, 0.29) is 5.69 Å². The van der Waals surface area contributed by atoms with Gasteiger partial charge < -0.3 is 10.1 Å². The van der Waals surface area contributed by atoms with Crippen molar-refractivity contribution >= 4 is 11.6 Å². The number of ether oxygens (including phenoxy) is 1. The lowest BCUT2D eigenvalue weighted by Gasteiger charge is -2.09. The summed E-state index contributed by atoms with van der Waals surface area (Å²) in [6, 6.07) is 21.3. The molecule has 10 heteroatoms. The minimum Gasteiger partial charge on any atom is -0.497 e. The van der Waals surface area contributed by atoms with Crippen molar-refractivity contribution in [3.63, 3.8) is 0 Å². The lowest BCUT2D eigenvalue weighted by molar-refractivity contribution is 0.102. The average molecular weight is 484 g/mol. The monoisotopic (exact) mass is 483 g/mol. The zero-order valence-electron chi connectivity index (χ0n) is 19.6. The van der Waals surface area contributed by atoms with Gasteiger partial charge in [0.2, 0.25) is 0 Å². The van der Waals surface area contributed by atoms with Crippen LogP contribution >= 0.6 is 0 Å². The fourth-order valence-corrected chi connectivity index (χ4v) is 3.80. The van der Waals surface area contributed by atoms with Gasteiger partial charge in [-0.05, 0) is 65.4 Å². The van der Waals surface area contributed by atoms with Crippen LogP contribution < -0.4 is 10.1 Å². The molecule has 0 aliphatic rings. The summed E-state index contributed by atoms with van der Waals surface area (Å²) in [4.78, 5) is 13.4. The van der Waals surface area contributed by atoms with Gasteiger partial charge in [-0.2, -0.15) is 9.78 Å². The van der Waals surface area contributed by atoms with E-state index in [1.54, 1.807) is 37.0 Å². The first kappa shape index (κ1) is 22.9. The molecule has 9 nitrogen and oxygen atoms in total. The van der Waals surface area contributed by atoms with Crippen molar-refractivity contribution in [3.05, 3.63) is 102 Å². The molecule has 2 aromatic heterocycles. The van der Waals surface area contributed by atoms with Crippen molar-refractivity contribution in [2.24, 2.45) is 0 Å². The number of nitrogens with zero attached hydrogens (tertiary/aromatic N) is 6. The Labute approximate surface area is 206 Å². The van der Waals surface area contributed by atoms with Crippen LogP contribution in [-0.4, -0.2) is 43.0 Å². The quantitative estimate of drug-likeness (QED) is 0.371. The van der Waals surface area contributed by atoms with Gasteiger partial charge in [-0.25, -0.2) is 4.39 Å². The Morgan fingerprint density at radius 1 is 1.06 bits per heavy atom. The smallest absolute Gasteiger partial charge is 0.259 e. The number of hydrogen-bond donors (Lipinski definition) is 1. The van der Waals surface area contributed by atoms with Gasteiger partial charge >= 0.3 is 0 Å². The van der Waals surface area contributed by atoms with Gasteiger partial charge in [0.05, 0.1) is 30.6 Å². The van der Waals surface area contributed by atoms with Gasteiger partial charge in [0.1, 0.15) is 17.3 Å². The van der Waals surface area contributed by atoms with Gasteiger partial charge in [-0.3, -0.25) is 9.48 Å². The third-order valence-electron chi connectivity index (χ3n) is 5.63. The first-order chi connectivity index (χ1) is 17.5. The molecule has 0 saturated heterocycles. The van der Waals surface area contributed by atoms with Crippen LogP contribution in [0.2, 0.25) is 0 Å². The van der Waals surface area contributed by atoms with Crippen molar-refractivity contribution in [2.45, 2.75) is 13.5 Å². The van der Waals surface area contributed by atoms with Crippen LogP contribution in [0.1, 0.15) is 21.7 Å². The number of halogens is 1. The third kappa shape index (κ3) is 4.69. The molecule has 0 atom stereocenters. The van der Waals surface area contributed by atoms with Gasteiger partial charge in [-0.1, -0.05) is 30.3 Å². The van der Waals surface area contributed by atoms with Crippen LogP contribution in [-0.2, 0) is 6.54 Å². The first-order valence-corrected chi connectivity index (χ1v) is 11.1. The van der Waals surface area contributed by atoms with E-state index in [0.29, 0.717) is 35.1 Å². The second kappa shape index (κ2) is 9.79. The molecule has 36 heavy (non-hydrogen) atoms. The summed E-state index contributed by atoms with van der Waals surface area (Å²) < 4.78 is 23.1. The standard InChI is InChI=1S/C26H22FN7O2/c1-17-29-31-32-34(17)20-10-13-23(27)24(14-20)28-26(35)22-16-33(15-18-6-4-3-5-7-18)30-25(22)19-8-11-21(36-2)12-9-19/h3-14,16H,15H2,1-2H3,(H,28,35).